The molecule has 4 aromatic rings. The molecular formula is C27H23N. The second kappa shape index (κ2) is 7.98. The van der Waals surface area contributed by atoms with Crippen LogP contribution in [0.3, 0.4) is 0 Å². The van der Waals surface area contributed by atoms with E-state index in [9.17, 15) is 0 Å². The SMILES string of the molecule is Cc1ccc(N)c(-c2ccccc2)c1C(=Cc1ccccc1)c1ccccc1. The highest BCUT2D eigenvalue weighted by molar-refractivity contribution is 6.00. The largest absolute Gasteiger partial charge is 0.398 e. The first-order valence-electron chi connectivity index (χ1n) is 9.51. The zero-order valence-electron chi connectivity index (χ0n) is 16.0. The van der Waals surface area contributed by atoms with E-state index in [1.807, 2.05) is 24.3 Å². The highest BCUT2D eigenvalue weighted by Crippen LogP contribution is 2.39. The first kappa shape index (κ1) is 17.8. The first-order chi connectivity index (χ1) is 13.7. The molecule has 0 atom stereocenters. The van der Waals surface area contributed by atoms with Gasteiger partial charge in [0.05, 0.1) is 0 Å². The molecule has 0 radical (unpaired) electrons. The Morgan fingerprint density at radius 1 is 0.679 bits per heavy atom. The topological polar surface area (TPSA) is 26.0 Å². The van der Waals surface area contributed by atoms with Gasteiger partial charge >= 0.3 is 0 Å². The standard InChI is InChI=1S/C27H23N/c1-20-17-18-25(28)27(23-15-9-4-10-16-23)26(20)24(22-13-7-3-8-14-22)19-21-11-5-2-6-12-21/h2-19H,28H2,1H3. The summed E-state index contributed by atoms with van der Waals surface area (Å²) in [5, 5.41) is 0. The summed E-state index contributed by atoms with van der Waals surface area (Å²) in [6.07, 6.45) is 2.25. The summed E-state index contributed by atoms with van der Waals surface area (Å²) in [5.41, 5.74) is 15.4. The van der Waals surface area contributed by atoms with Gasteiger partial charge in [-0.25, -0.2) is 0 Å². The normalized spacial score (nSPS) is 11.4. The maximum absolute atomic E-state index is 6.50. The molecule has 0 spiro atoms. The molecule has 2 N–H and O–H groups in total. The van der Waals surface area contributed by atoms with Crippen molar-refractivity contribution in [3.8, 4) is 11.1 Å². The lowest BCUT2D eigenvalue weighted by Crippen LogP contribution is -2.00. The Morgan fingerprint density at radius 2 is 1.25 bits per heavy atom. The molecule has 0 heterocycles. The van der Waals surface area contributed by atoms with Crippen molar-refractivity contribution in [2.75, 3.05) is 5.73 Å². The van der Waals surface area contributed by atoms with Crippen LogP contribution >= 0.6 is 0 Å². The molecule has 0 unspecified atom stereocenters. The Labute approximate surface area is 166 Å². The van der Waals surface area contributed by atoms with E-state index in [1.165, 1.54) is 27.8 Å². The van der Waals surface area contributed by atoms with Crippen LogP contribution in [0.25, 0.3) is 22.8 Å². The first-order valence-corrected chi connectivity index (χ1v) is 9.51. The minimum absolute atomic E-state index is 0.793. The van der Waals surface area contributed by atoms with Gasteiger partial charge in [-0.15, -0.1) is 0 Å². The maximum Gasteiger partial charge on any atom is 0.0400 e. The van der Waals surface area contributed by atoms with Gasteiger partial charge in [-0.05, 0) is 52.5 Å². The molecule has 1 heteroatoms. The minimum Gasteiger partial charge on any atom is -0.398 e. The third kappa shape index (κ3) is 3.60. The molecule has 1 nitrogen and oxygen atoms in total. The smallest absolute Gasteiger partial charge is 0.0400 e. The highest BCUT2D eigenvalue weighted by Gasteiger charge is 2.17. The van der Waals surface area contributed by atoms with E-state index in [-0.39, 0.29) is 0 Å². The van der Waals surface area contributed by atoms with Crippen LogP contribution in [0.2, 0.25) is 0 Å². The minimum atomic E-state index is 0.793. The second-order valence-corrected chi connectivity index (χ2v) is 6.92. The quantitative estimate of drug-likeness (QED) is 0.313. The van der Waals surface area contributed by atoms with Gasteiger partial charge in [-0.3, -0.25) is 0 Å². The summed E-state index contributed by atoms with van der Waals surface area (Å²) in [4.78, 5) is 0. The van der Waals surface area contributed by atoms with E-state index in [4.69, 9.17) is 5.73 Å². The molecule has 0 saturated carbocycles. The van der Waals surface area contributed by atoms with Crippen molar-refractivity contribution in [2.45, 2.75) is 6.92 Å². The van der Waals surface area contributed by atoms with Crippen molar-refractivity contribution in [1.82, 2.24) is 0 Å². The van der Waals surface area contributed by atoms with Gasteiger partial charge in [0.25, 0.3) is 0 Å². The van der Waals surface area contributed by atoms with Crippen molar-refractivity contribution in [3.63, 3.8) is 0 Å². The van der Waals surface area contributed by atoms with Crippen LogP contribution in [-0.2, 0) is 0 Å². The molecule has 0 aliphatic carbocycles. The van der Waals surface area contributed by atoms with Crippen molar-refractivity contribution in [1.29, 1.82) is 0 Å². The lowest BCUT2D eigenvalue weighted by Gasteiger charge is -2.19. The average molecular weight is 361 g/mol. The van der Waals surface area contributed by atoms with E-state index < -0.39 is 0 Å². The van der Waals surface area contributed by atoms with Crippen LogP contribution in [0.5, 0.6) is 0 Å². The zero-order chi connectivity index (χ0) is 19.3. The molecule has 28 heavy (non-hydrogen) atoms. The number of nitrogen functional groups attached to an aromatic ring is 1. The molecule has 4 rings (SSSR count). The fourth-order valence-corrected chi connectivity index (χ4v) is 3.62. The van der Waals surface area contributed by atoms with Crippen LogP contribution < -0.4 is 5.73 Å². The lowest BCUT2D eigenvalue weighted by atomic mass is 9.85. The summed E-state index contributed by atoms with van der Waals surface area (Å²) in [6, 6.07) is 35.5. The molecule has 0 aliphatic rings. The number of aryl methyl sites for hydroxylation is 1. The monoisotopic (exact) mass is 361 g/mol. The number of nitrogens with two attached hydrogens (primary N) is 1. The highest BCUT2D eigenvalue weighted by atomic mass is 14.6. The Kier molecular flexibility index (Phi) is 5.07. The van der Waals surface area contributed by atoms with Gasteiger partial charge in [0.2, 0.25) is 0 Å². The molecule has 0 fully saturated rings. The fraction of sp³-hybridized carbons (Fsp3) is 0.0370. The van der Waals surface area contributed by atoms with Crippen molar-refractivity contribution < 1.29 is 0 Å². The second-order valence-electron chi connectivity index (χ2n) is 6.92. The number of benzene rings is 4. The van der Waals surface area contributed by atoms with Gasteiger partial charge < -0.3 is 5.73 Å². The van der Waals surface area contributed by atoms with Gasteiger partial charge in [0.1, 0.15) is 0 Å². The lowest BCUT2D eigenvalue weighted by molar-refractivity contribution is 1.41. The van der Waals surface area contributed by atoms with Gasteiger partial charge in [-0.2, -0.15) is 0 Å². The van der Waals surface area contributed by atoms with Crippen LogP contribution in [0, 0.1) is 6.92 Å². The molecule has 0 amide bonds. The number of rotatable bonds is 4. The average Bonchev–Trinajstić information content (AvgIpc) is 2.76. The fourth-order valence-electron chi connectivity index (χ4n) is 3.62. The Bertz CT molecular complexity index is 1100. The molecule has 0 saturated heterocycles. The third-order valence-electron chi connectivity index (χ3n) is 4.97. The van der Waals surface area contributed by atoms with Gasteiger partial charge in [0.15, 0.2) is 0 Å². The Hall–Kier alpha value is -3.58. The Morgan fingerprint density at radius 3 is 1.89 bits per heavy atom. The van der Waals surface area contributed by atoms with E-state index in [0.717, 1.165) is 16.8 Å². The summed E-state index contributed by atoms with van der Waals surface area (Å²) in [7, 11) is 0. The van der Waals surface area contributed by atoms with Crippen LogP contribution in [0.15, 0.2) is 103 Å². The van der Waals surface area contributed by atoms with E-state index >= 15 is 0 Å². The predicted octanol–water partition coefficient (Wildman–Crippen LogP) is 6.83. The number of hydrogen-bond acceptors (Lipinski definition) is 1. The summed E-state index contributed by atoms with van der Waals surface area (Å²) >= 11 is 0. The molecule has 136 valence electrons. The number of hydrogen-bond donors (Lipinski definition) is 1. The summed E-state index contributed by atoms with van der Waals surface area (Å²) in [5.74, 6) is 0. The van der Waals surface area contributed by atoms with Crippen LogP contribution in [0.1, 0.15) is 22.3 Å². The summed E-state index contributed by atoms with van der Waals surface area (Å²) in [6.45, 7) is 2.16. The van der Waals surface area contributed by atoms with Crippen LogP contribution in [0.4, 0.5) is 5.69 Å². The molecule has 4 aromatic carbocycles. The van der Waals surface area contributed by atoms with Crippen LogP contribution in [-0.4, -0.2) is 0 Å². The van der Waals surface area contributed by atoms with Crippen molar-refractivity contribution >= 4 is 17.3 Å². The molecule has 0 aliphatic heterocycles. The molecule has 0 aromatic heterocycles. The van der Waals surface area contributed by atoms with E-state index in [0.29, 0.717) is 0 Å². The van der Waals surface area contributed by atoms with Crippen molar-refractivity contribution in [2.24, 2.45) is 0 Å². The Balaban J connectivity index is 2.03. The maximum atomic E-state index is 6.50. The van der Waals surface area contributed by atoms with E-state index in [1.54, 1.807) is 0 Å². The summed E-state index contributed by atoms with van der Waals surface area (Å²) < 4.78 is 0. The van der Waals surface area contributed by atoms with Gasteiger partial charge in [-0.1, -0.05) is 97.1 Å². The van der Waals surface area contributed by atoms with E-state index in [2.05, 4.69) is 91.9 Å². The molecule has 0 bridgehead atoms. The number of anilines is 1. The van der Waals surface area contributed by atoms with Crippen molar-refractivity contribution in [3.05, 3.63) is 125 Å². The predicted molar refractivity (Wildman–Crippen MR) is 121 cm³/mol. The zero-order valence-corrected chi connectivity index (χ0v) is 16.0. The van der Waals surface area contributed by atoms with Gasteiger partial charge in [0, 0.05) is 11.3 Å². The third-order valence-corrected chi connectivity index (χ3v) is 4.97. The molecular weight excluding hydrogens is 338 g/mol.